The van der Waals surface area contributed by atoms with Gasteiger partial charge >= 0.3 is 6.18 Å². The van der Waals surface area contributed by atoms with E-state index in [9.17, 15) is 13.2 Å². The number of hydrogen-bond acceptors (Lipinski definition) is 5. The molecule has 0 amide bonds. The van der Waals surface area contributed by atoms with Crippen LogP contribution in [0.15, 0.2) is 30.1 Å². The Bertz CT molecular complexity index is 1090. The van der Waals surface area contributed by atoms with Crippen LogP contribution in [0, 0.1) is 5.41 Å². The molecule has 152 valence electrons. The normalized spacial score (nSPS) is 16.9. The zero-order valence-corrected chi connectivity index (χ0v) is 15.7. The second-order valence-electron chi connectivity index (χ2n) is 7.26. The highest BCUT2D eigenvalue weighted by atomic mass is 19.4. The summed E-state index contributed by atoms with van der Waals surface area (Å²) in [5.41, 5.74) is 5.89. The molecule has 4 N–H and O–H groups in total. The summed E-state index contributed by atoms with van der Waals surface area (Å²) in [7, 11) is 0. The molecule has 3 heterocycles. The number of alkyl halides is 3. The predicted molar refractivity (Wildman–Crippen MR) is 106 cm³/mol. The van der Waals surface area contributed by atoms with E-state index in [4.69, 9.17) is 11.1 Å². The monoisotopic (exact) mass is 402 g/mol. The number of nitrogens with one attached hydrogen (secondary N) is 2. The summed E-state index contributed by atoms with van der Waals surface area (Å²) < 4.78 is 39.6. The van der Waals surface area contributed by atoms with Crippen LogP contribution < -0.4 is 5.73 Å². The van der Waals surface area contributed by atoms with Crippen molar-refractivity contribution < 1.29 is 13.2 Å². The zero-order valence-electron chi connectivity index (χ0n) is 15.7. The third-order valence-electron chi connectivity index (χ3n) is 5.33. The maximum absolute atomic E-state index is 13.2. The topological polar surface area (TPSA) is 94.7 Å². The number of aromatic amines is 1. The lowest BCUT2D eigenvalue weighted by molar-refractivity contribution is -0.0919. The molecule has 0 saturated carbocycles. The number of benzene rings is 1. The smallest absolute Gasteiger partial charge is 0.394 e. The van der Waals surface area contributed by atoms with Crippen molar-refractivity contribution >= 4 is 33.6 Å². The fraction of sp³-hybridized carbons (Fsp3) is 0.350. The minimum absolute atomic E-state index is 0.0529. The van der Waals surface area contributed by atoms with Crippen molar-refractivity contribution in [1.82, 2.24) is 20.1 Å². The SMILES string of the molecule is N=CC(=C(N)C(F)(F)F)c1cc(CN2CCCCC2)c2c(ccc3[nH]ncc32)n1. The third-order valence-corrected chi connectivity index (χ3v) is 5.33. The summed E-state index contributed by atoms with van der Waals surface area (Å²) in [6.07, 6.45) is 0.986. The molecule has 6 nitrogen and oxygen atoms in total. The minimum atomic E-state index is -4.73. The first-order valence-electron chi connectivity index (χ1n) is 9.44. The third kappa shape index (κ3) is 3.69. The summed E-state index contributed by atoms with van der Waals surface area (Å²) in [4.78, 5) is 6.71. The van der Waals surface area contributed by atoms with Gasteiger partial charge in [0, 0.05) is 29.1 Å². The molecular formula is C20H21F3N6. The van der Waals surface area contributed by atoms with E-state index in [0.29, 0.717) is 18.3 Å². The molecular weight excluding hydrogens is 381 g/mol. The Hall–Kier alpha value is -2.94. The van der Waals surface area contributed by atoms with Gasteiger partial charge in [-0.15, -0.1) is 0 Å². The molecule has 0 bridgehead atoms. The van der Waals surface area contributed by atoms with Crippen LogP contribution in [0.5, 0.6) is 0 Å². The summed E-state index contributed by atoms with van der Waals surface area (Å²) in [6, 6.07) is 5.18. The number of nitrogens with two attached hydrogens (primary N) is 1. The molecule has 4 rings (SSSR count). The Balaban J connectivity index is 1.93. The highest BCUT2D eigenvalue weighted by Gasteiger charge is 2.34. The first kappa shape index (κ1) is 19.4. The molecule has 9 heteroatoms. The molecule has 0 aliphatic carbocycles. The number of allylic oxidation sites excluding steroid dienone is 2. The van der Waals surface area contributed by atoms with Crippen molar-refractivity contribution in [3.8, 4) is 0 Å². The van der Waals surface area contributed by atoms with Crippen LogP contribution in [-0.2, 0) is 6.54 Å². The van der Waals surface area contributed by atoms with Crippen molar-refractivity contribution in [2.45, 2.75) is 32.0 Å². The number of piperidine rings is 1. The number of aromatic nitrogens is 3. The molecule has 3 aromatic rings. The number of halogens is 3. The Morgan fingerprint density at radius 2 is 2.00 bits per heavy atom. The van der Waals surface area contributed by atoms with Crippen LogP contribution in [0.25, 0.3) is 27.4 Å². The number of fused-ring (bicyclic) bond motifs is 3. The van der Waals surface area contributed by atoms with Crippen LogP contribution >= 0.6 is 0 Å². The summed E-state index contributed by atoms with van der Waals surface area (Å²) in [5.74, 6) is 0. The average molecular weight is 402 g/mol. The van der Waals surface area contributed by atoms with Gasteiger partial charge in [0.05, 0.1) is 22.9 Å². The molecule has 2 aromatic heterocycles. The fourth-order valence-corrected chi connectivity index (χ4v) is 3.90. The molecule has 1 aromatic carbocycles. The van der Waals surface area contributed by atoms with Crippen LogP contribution in [0.1, 0.15) is 30.5 Å². The van der Waals surface area contributed by atoms with Gasteiger partial charge < -0.3 is 11.1 Å². The molecule has 1 fully saturated rings. The number of H-pyrrole nitrogens is 1. The van der Waals surface area contributed by atoms with Crippen molar-refractivity contribution in [3.63, 3.8) is 0 Å². The fourth-order valence-electron chi connectivity index (χ4n) is 3.90. The molecule has 0 atom stereocenters. The lowest BCUT2D eigenvalue weighted by Gasteiger charge is -2.27. The van der Waals surface area contributed by atoms with Crippen LogP contribution in [-0.4, -0.2) is 45.6 Å². The average Bonchev–Trinajstić information content (AvgIpc) is 3.17. The van der Waals surface area contributed by atoms with E-state index in [-0.39, 0.29) is 5.69 Å². The van der Waals surface area contributed by atoms with Gasteiger partial charge in [0.15, 0.2) is 0 Å². The standard InChI is InChI=1S/C20H21F3N6/c21-20(22,23)19(25)13(9-24)17-8-12(11-29-6-2-1-3-7-29)18-14-10-26-28-15(14)4-5-16(18)27-17/h4-5,8-10,24H,1-3,6-7,11,25H2,(H,26,28). The van der Waals surface area contributed by atoms with E-state index in [1.807, 2.05) is 0 Å². The lowest BCUT2D eigenvalue weighted by Crippen LogP contribution is -2.29. The Morgan fingerprint density at radius 1 is 1.24 bits per heavy atom. The van der Waals surface area contributed by atoms with E-state index in [2.05, 4.69) is 20.1 Å². The molecule has 1 saturated heterocycles. The van der Waals surface area contributed by atoms with Crippen molar-refractivity contribution in [2.75, 3.05) is 13.1 Å². The second-order valence-corrected chi connectivity index (χ2v) is 7.26. The second kappa shape index (κ2) is 7.47. The number of pyridine rings is 1. The van der Waals surface area contributed by atoms with E-state index in [0.717, 1.165) is 47.8 Å². The van der Waals surface area contributed by atoms with E-state index >= 15 is 0 Å². The predicted octanol–water partition coefficient (Wildman–Crippen LogP) is 3.98. The maximum atomic E-state index is 13.2. The largest absolute Gasteiger partial charge is 0.431 e. The molecule has 0 unspecified atom stereocenters. The van der Waals surface area contributed by atoms with Gasteiger partial charge in [-0.25, -0.2) is 4.98 Å². The van der Waals surface area contributed by atoms with Crippen LogP contribution in [0.2, 0.25) is 0 Å². The molecule has 1 aliphatic heterocycles. The number of likely N-dealkylation sites (tertiary alicyclic amines) is 1. The Kier molecular flexibility index (Phi) is 4.99. The molecule has 29 heavy (non-hydrogen) atoms. The van der Waals surface area contributed by atoms with Gasteiger partial charge in [0.1, 0.15) is 5.70 Å². The number of hydrogen-bond donors (Lipinski definition) is 3. The van der Waals surface area contributed by atoms with Crippen molar-refractivity contribution in [2.24, 2.45) is 5.73 Å². The first-order chi connectivity index (χ1) is 13.9. The lowest BCUT2D eigenvalue weighted by atomic mass is 10.00. The zero-order chi connectivity index (χ0) is 20.6. The Labute approximate surface area is 165 Å². The van der Waals surface area contributed by atoms with E-state index in [1.54, 1.807) is 24.4 Å². The van der Waals surface area contributed by atoms with Gasteiger partial charge in [0.25, 0.3) is 0 Å². The van der Waals surface area contributed by atoms with Gasteiger partial charge in [0.2, 0.25) is 0 Å². The highest BCUT2D eigenvalue weighted by molar-refractivity contribution is 6.11. The van der Waals surface area contributed by atoms with E-state index < -0.39 is 17.4 Å². The van der Waals surface area contributed by atoms with Crippen LogP contribution in [0.4, 0.5) is 13.2 Å². The van der Waals surface area contributed by atoms with Crippen molar-refractivity contribution in [1.29, 1.82) is 5.41 Å². The molecule has 0 spiro atoms. The number of nitrogens with zero attached hydrogens (tertiary/aromatic N) is 3. The van der Waals surface area contributed by atoms with Crippen LogP contribution in [0.3, 0.4) is 0 Å². The van der Waals surface area contributed by atoms with Crippen molar-refractivity contribution in [3.05, 3.63) is 41.4 Å². The van der Waals surface area contributed by atoms with Gasteiger partial charge in [-0.1, -0.05) is 6.42 Å². The quantitative estimate of drug-likeness (QED) is 0.576. The van der Waals surface area contributed by atoms with Gasteiger partial charge in [-0.05, 0) is 49.7 Å². The summed E-state index contributed by atoms with van der Waals surface area (Å²) in [6.45, 7) is 2.48. The highest BCUT2D eigenvalue weighted by Crippen LogP contribution is 2.32. The maximum Gasteiger partial charge on any atom is 0.431 e. The number of rotatable bonds is 4. The molecule has 1 aliphatic rings. The Morgan fingerprint density at radius 3 is 2.69 bits per heavy atom. The minimum Gasteiger partial charge on any atom is -0.394 e. The summed E-state index contributed by atoms with van der Waals surface area (Å²) >= 11 is 0. The summed E-state index contributed by atoms with van der Waals surface area (Å²) in [5, 5.41) is 16.3. The van der Waals surface area contributed by atoms with Gasteiger partial charge in [-0.3, -0.25) is 10.00 Å². The van der Waals surface area contributed by atoms with Gasteiger partial charge in [-0.2, -0.15) is 18.3 Å². The van der Waals surface area contributed by atoms with E-state index in [1.165, 1.54) is 6.42 Å². The first-order valence-corrected chi connectivity index (χ1v) is 9.44. The molecule has 0 radical (unpaired) electrons.